The number of amides is 2. The minimum Gasteiger partial charge on any atom is -0.376 e. The van der Waals surface area contributed by atoms with Gasteiger partial charge in [-0.2, -0.15) is 0 Å². The first kappa shape index (κ1) is 18.2. The van der Waals surface area contributed by atoms with Gasteiger partial charge in [0, 0.05) is 23.2 Å². The van der Waals surface area contributed by atoms with E-state index >= 15 is 0 Å². The van der Waals surface area contributed by atoms with Crippen molar-refractivity contribution in [2.75, 3.05) is 24.6 Å². The molecule has 1 aromatic rings. The smallest absolute Gasteiger partial charge is 0.267 e. The van der Waals surface area contributed by atoms with Gasteiger partial charge in [0.15, 0.2) is 0 Å². The normalized spacial score (nSPS) is 25.6. The summed E-state index contributed by atoms with van der Waals surface area (Å²) in [6.07, 6.45) is 1.96. The number of hydrogen-bond acceptors (Lipinski definition) is 5. The lowest BCUT2D eigenvalue weighted by Gasteiger charge is -2.18. The molecule has 1 atom stereocenters. The molecule has 3 aliphatic rings. The Bertz CT molecular complexity index is 849. The average Bonchev–Trinajstić information content (AvgIpc) is 3.28. The molecular formula is C18H17BrN2O3S2. The summed E-state index contributed by atoms with van der Waals surface area (Å²) in [4.78, 5) is 29.7. The van der Waals surface area contributed by atoms with E-state index < -0.39 is 0 Å². The van der Waals surface area contributed by atoms with Crippen LogP contribution in [0.15, 0.2) is 27.6 Å². The number of nitrogens with zero attached hydrogens (tertiary/aromatic N) is 2. The van der Waals surface area contributed by atoms with Gasteiger partial charge in [-0.05, 0) is 38.0 Å². The molecule has 3 aliphatic heterocycles. The molecule has 4 rings (SSSR count). The zero-order valence-corrected chi connectivity index (χ0v) is 17.4. The molecule has 2 saturated heterocycles. The van der Waals surface area contributed by atoms with Crippen LogP contribution in [0.3, 0.4) is 0 Å². The minimum absolute atomic E-state index is 0.0229. The number of ether oxygens (including phenoxy) is 1. The molecule has 0 aliphatic carbocycles. The Labute approximate surface area is 169 Å². The molecule has 1 aromatic carbocycles. The predicted octanol–water partition coefficient (Wildman–Crippen LogP) is 3.57. The summed E-state index contributed by atoms with van der Waals surface area (Å²) in [6.45, 7) is 3.66. The topological polar surface area (TPSA) is 49.9 Å². The van der Waals surface area contributed by atoms with Crippen molar-refractivity contribution in [1.82, 2.24) is 4.90 Å². The quantitative estimate of drug-likeness (QED) is 0.518. The number of carbonyl (C=O) groups is 2. The van der Waals surface area contributed by atoms with Gasteiger partial charge < -0.3 is 9.64 Å². The van der Waals surface area contributed by atoms with Crippen LogP contribution < -0.4 is 4.90 Å². The fourth-order valence-corrected chi connectivity index (χ4v) is 5.24. The van der Waals surface area contributed by atoms with E-state index in [0.717, 1.165) is 35.2 Å². The number of benzene rings is 1. The van der Waals surface area contributed by atoms with Crippen LogP contribution in [-0.4, -0.2) is 46.8 Å². The number of carbonyl (C=O) groups excluding carboxylic acids is 2. The Kier molecular flexibility index (Phi) is 4.94. The first-order valence-electron chi connectivity index (χ1n) is 8.52. The van der Waals surface area contributed by atoms with Gasteiger partial charge in [-0.3, -0.25) is 14.5 Å². The van der Waals surface area contributed by atoms with Crippen LogP contribution >= 0.6 is 39.9 Å². The van der Waals surface area contributed by atoms with Gasteiger partial charge >= 0.3 is 0 Å². The number of anilines is 1. The number of rotatable bonds is 3. The molecule has 8 heteroatoms. The van der Waals surface area contributed by atoms with Crippen molar-refractivity contribution in [1.29, 1.82) is 0 Å². The number of fused-ring (bicyclic) bond motifs is 1. The lowest BCUT2D eigenvalue weighted by atomic mass is 10.1. The van der Waals surface area contributed by atoms with E-state index in [4.69, 9.17) is 17.0 Å². The maximum Gasteiger partial charge on any atom is 0.267 e. The Balaban J connectivity index is 1.74. The number of thiocarbonyl (C=S) groups is 1. The van der Waals surface area contributed by atoms with Crippen molar-refractivity contribution in [3.63, 3.8) is 0 Å². The first-order chi connectivity index (χ1) is 12.5. The molecule has 136 valence electrons. The van der Waals surface area contributed by atoms with Crippen molar-refractivity contribution in [2.45, 2.75) is 25.9 Å². The van der Waals surface area contributed by atoms with E-state index in [-0.39, 0.29) is 17.9 Å². The van der Waals surface area contributed by atoms with Crippen molar-refractivity contribution >= 4 is 67.3 Å². The molecule has 0 saturated carbocycles. The monoisotopic (exact) mass is 452 g/mol. The summed E-state index contributed by atoms with van der Waals surface area (Å²) >= 11 is 10.1. The SMILES string of the molecule is CCN1C(=O)/C(=C2\SC(=S)N(C[C@H]3CCCO3)C2=O)c2cc(Br)ccc21. The Hall–Kier alpha value is -1.22. The van der Waals surface area contributed by atoms with E-state index in [0.29, 0.717) is 27.9 Å². The summed E-state index contributed by atoms with van der Waals surface area (Å²) in [5.41, 5.74) is 2.07. The Morgan fingerprint density at radius 3 is 2.81 bits per heavy atom. The zero-order valence-electron chi connectivity index (χ0n) is 14.2. The van der Waals surface area contributed by atoms with Gasteiger partial charge in [0.2, 0.25) is 0 Å². The Morgan fingerprint density at radius 1 is 1.31 bits per heavy atom. The highest BCUT2D eigenvalue weighted by molar-refractivity contribution is 9.10. The molecule has 2 fully saturated rings. The second kappa shape index (κ2) is 7.07. The van der Waals surface area contributed by atoms with Crippen LogP contribution in [0.1, 0.15) is 25.3 Å². The van der Waals surface area contributed by atoms with E-state index in [1.54, 1.807) is 9.80 Å². The highest BCUT2D eigenvalue weighted by atomic mass is 79.9. The molecular weight excluding hydrogens is 436 g/mol. The molecule has 5 nitrogen and oxygen atoms in total. The van der Waals surface area contributed by atoms with E-state index in [1.165, 1.54) is 11.8 Å². The fraction of sp³-hybridized carbons (Fsp3) is 0.389. The molecule has 0 radical (unpaired) electrons. The highest BCUT2D eigenvalue weighted by Gasteiger charge is 2.42. The number of thioether (sulfide) groups is 1. The van der Waals surface area contributed by atoms with Crippen molar-refractivity contribution in [3.05, 3.63) is 33.1 Å². The molecule has 0 bridgehead atoms. The third-order valence-electron chi connectivity index (χ3n) is 4.78. The summed E-state index contributed by atoms with van der Waals surface area (Å²) in [5.74, 6) is -0.332. The molecule has 3 heterocycles. The zero-order chi connectivity index (χ0) is 18.4. The van der Waals surface area contributed by atoms with Gasteiger partial charge in [-0.1, -0.05) is 39.9 Å². The molecule has 26 heavy (non-hydrogen) atoms. The third kappa shape index (κ3) is 2.93. The Morgan fingerprint density at radius 2 is 2.12 bits per heavy atom. The largest absolute Gasteiger partial charge is 0.376 e. The van der Waals surface area contributed by atoms with Gasteiger partial charge in [0.1, 0.15) is 4.32 Å². The summed E-state index contributed by atoms with van der Waals surface area (Å²) in [5, 5.41) is 0. The van der Waals surface area contributed by atoms with Gasteiger partial charge in [-0.15, -0.1) is 0 Å². The number of halogens is 1. The van der Waals surface area contributed by atoms with Crippen LogP contribution in [0, 0.1) is 0 Å². The maximum atomic E-state index is 13.0. The minimum atomic E-state index is -0.192. The van der Waals surface area contributed by atoms with E-state index in [1.807, 2.05) is 25.1 Å². The third-order valence-corrected chi connectivity index (χ3v) is 6.72. The maximum absolute atomic E-state index is 13.0. The summed E-state index contributed by atoms with van der Waals surface area (Å²) in [6, 6.07) is 5.70. The van der Waals surface area contributed by atoms with Crippen LogP contribution in [-0.2, 0) is 14.3 Å². The van der Waals surface area contributed by atoms with Crippen LogP contribution in [0.5, 0.6) is 0 Å². The highest BCUT2D eigenvalue weighted by Crippen LogP contribution is 2.45. The van der Waals surface area contributed by atoms with Crippen molar-refractivity contribution in [2.24, 2.45) is 0 Å². The molecule has 0 unspecified atom stereocenters. The molecule has 2 amide bonds. The second-order valence-corrected chi connectivity index (χ2v) is 8.89. The standard InChI is InChI=1S/C18H17BrN2O3S2/c1-2-20-13-6-5-10(19)8-12(13)14(16(20)22)15-17(23)21(18(25)26-15)9-11-4-3-7-24-11/h5-6,8,11H,2-4,7,9H2,1H3/b15-14-/t11-/m1/s1. The summed E-state index contributed by atoms with van der Waals surface area (Å²) in [7, 11) is 0. The number of likely N-dealkylation sites (N-methyl/N-ethyl adjacent to an activating group) is 1. The van der Waals surface area contributed by atoms with Gasteiger partial charge in [0.25, 0.3) is 11.8 Å². The first-order valence-corrected chi connectivity index (χ1v) is 10.5. The lowest BCUT2D eigenvalue weighted by Crippen LogP contribution is -2.35. The molecule has 0 spiro atoms. The van der Waals surface area contributed by atoms with Gasteiger partial charge in [0.05, 0.1) is 28.8 Å². The number of hydrogen-bond donors (Lipinski definition) is 0. The van der Waals surface area contributed by atoms with E-state index in [9.17, 15) is 9.59 Å². The van der Waals surface area contributed by atoms with Crippen LogP contribution in [0.4, 0.5) is 5.69 Å². The van der Waals surface area contributed by atoms with Crippen molar-refractivity contribution < 1.29 is 14.3 Å². The van der Waals surface area contributed by atoms with Crippen LogP contribution in [0.25, 0.3) is 5.57 Å². The lowest BCUT2D eigenvalue weighted by molar-refractivity contribution is -0.123. The fourth-order valence-electron chi connectivity index (χ4n) is 3.54. The van der Waals surface area contributed by atoms with Crippen LogP contribution in [0.2, 0.25) is 0 Å². The van der Waals surface area contributed by atoms with Crippen molar-refractivity contribution in [3.8, 4) is 0 Å². The predicted molar refractivity (Wildman–Crippen MR) is 110 cm³/mol. The van der Waals surface area contributed by atoms with E-state index in [2.05, 4.69) is 15.9 Å². The molecule has 0 aromatic heterocycles. The average molecular weight is 453 g/mol. The van der Waals surface area contributed by atoms with Gasteiger partial charge in [-0.25, -0.2) is 0 Å². The molecule has 0 N–H and O–H groups in total. The summed E-state index contributed by atoms with van der Waals surface area (Å²) < 4.78 is 7.00. The second-order valence-electron chi connectivity index (χ2n) is 6.33.